The summed E-state index contributed by atoms with van der Waals surface area (Å²) in [7, 11) is -1.42. The Balaban J connectivity index is 3.02. The van der Waals surface area contributed by atoms with Gasteiger partial charge < -0.3 is 4.23 Å². The first kappa shape index (κ1) is 11.2. The second-order valence-corrected chi connectivity index (χ2v) is 9.65. The van der Waals surface area contributed by atoms with Crippen molar-refractivity contribution in [2.24, 2.45) is 0 Å². The number of carbonyl (C=O) groups is 1. The van der Waals surface area contributed by atoms with Crippen molar-refractivity contribution in [3.8, 4) is 0 Å². The third kappa shape index (κ3) is 1.98. The number of hydrogen-bond acceptors (Lipinski definition) is 1. The van der Waals surface area contributed by atoms with Crippen molar-refractivity contribution in [3.05, 3.63) is 24.0 Å². The van der Waals surface area contributed by atoms with Crippen LogP contribution in [0.3, 0.4) is 0 Å². The first-order valence-corrected chi connectivity index (χ1v) is 8.07. The van der Waals surface area contributed by atoms with E-state index in [4.69, 9.17) is 0 Å². The Morgan fingerprint density at radius 2 is 2.00 bits per heavy atom. The third-order valence-corrected chi connectivity index (χ3v) is 7.61. The summed E-state index contributed by atoms with van der Waals surface area (Å²) in [6.07, 6.45) is 4.04. The molecule has 0 aliphatic heterocycles. The van der Waals surface area contributed by atoms with Crippen molar-refractivity contribution in [3.63, 3.8) is 0 Å². The lowest BCUT2D eigenvalue weighted by Crippen LogP contribution is -2.38. The van der Waals surface area contributed by atoms with Gasteiger partial charge in [0.05, 0.1) is 0 Å². The van der Waals surface area contributed by atoms with Crippen LogP contribution in [-0.2, 0) is 0 Å². The van der Waals surface area contributed by atoms with E-state index in [9.17, 15) is 4.79 Å². The van der Waals surface area contributed by atoms with Crippen molar-refractivity contribution >= 4 is 14.0 Å². The normalized spacial score (nSPS) is 12.1. The van der Waals surface area contributed by atoms with E-state index in [0.29, 0.717) is 5.54 Å². The Hall–Kier alpha value is -0.833. The molecule has 0 N–H and O–H groups in total. The van der Waals surface area contributed by atoms with Gasteiger partial charge in [-0.3, -0.25) is 4.79 Å². The van der Waals surface area contributed by atoms with Crippen molar-refractivity contribution in [1.82, 2.24) is 4.23 Å². The Kier molecular flexibility index (Phi) is 3.00. The molecule has 3 heteroatoms. The van der Waals surface area contributed by atoms with Gasteiger partial charge in [-0.2, -0.15) is 0 Å². The summed E-state index contributed by atoms with van der Waals surface area (Å²) in [4.78, 5) is 11.2. The van der Waals surface area contributed by atoms with E-state index in [0.717, 1.165) is 5.56 Å². The number of aromatic nitrogens is 1. The zero-order valence-corrected chi connectivity index (χ0v) is 10.7. The average Bonchev–Trinajstić information content (AvgIpc) is 2.51. The average molecular weight is 209 g/mol. The number of nitrogens with zero attached hydrogens (tertiary/aromatic N) is 1. The monoisotopic (exact) mass is 209 g/mol. The Labute approximate surface area is 87.0 Å². The lowest BCUT2D eigenvalue weighted by atomic mass is 10.2. The van der Waals surface area contributed by atoms with Crippen LogP contribution in [0.15, 0.2) is 18.5 Å². The van der Waals surface area contributed by atoms with Crippen LogP contribution in [0.2, 0.25) is 18.6 Å². The molecule has 1 aromatic rings. The topological polar surface area (TPSA) is 22.0 Å². The van der Waals surface area contributed by atoms with E-state index in [-0.39, 0.29) is 5.78 Å². The molecule has 1 heterocycles. The van der Waals surface area contributed by atoms with Gasteiger partial charge in [0.15, 0.2) is 14.0 Å². The minimum absolute atomic E-state index is 0.150. The van der Waals surface area contributed by atoms with Crippen molar-refractivity contribution < 1.29 is 4.79 Å². The number of carbonyl (C=O) groups excluding carboxylic acids is 1. The first-order valence-electron chi connectivity index (χ1n) is 5.05. The molecule has 0 unspecified atom stereocenters. The smallest absolute Gasteiger partial charge is 0.161 e. The summed E-state index contributed by atoms with van der Waals surface area (Å²) in [5.41, 5.74) is 1.50. The molecule has 0 aliphatic rings. The summed E-state index contributed by atoms with van der Waals surface area (Å²) < 4.78 is 2.26. The summed E-state index contributed by atoms with van der Waals surface area (Å²) in [5.74, 6) is 0.150. The van der Waals surface area contributed by atoms with E-state index in [1.54, 1.807) is 6.92 Å². The molecule has 0 saturated carbocycles. The van der Waals surface area contributed by atoms with Crippen LogP contribution in [0, 0.1) is 0 Å². The molecular formula is C11H19NOSi. The minimum atomic E-state index is -1.42. The molecule has 0 saturated heterocycles. The summed E-state index contributed by atoms with van der Waals surface area (Å²) in [5, 5.41) is 0. The molecule has 1 rings (SSSR count). The fourth-order valence-electron chi connectivity index (χ4n) is 1.26. The molecule has 0 spiro atoms. The Morgan fingerprint density at radius 1 is 1.43 bits per heavy atom. The number of Topliss-reactive ketones (excluding diaryl/α,β-unsaturated/α-hetero) is 1. The molecule has 0 aliphatic carbocycles. The van der Waals surface area contributed by atoms with Crippen LogP contribution < -0.4 is 0 Å². The molecular weight excluding hydrogens is 190 g/mol. The number of rotatable bonds is 3. The van der Waals surface area contributed by atoms with Crippen LogP contribution in [0.25, 0.3) is 0 Å². The Morgan fingerprint density at radius 3 is 2.36 bits per heavy atom. The van der Waals surface area contributed by atoms with Crippen molar-refractivity contribution in [1.29, 1.82) is 0 Å². The fraction of sp³-hybridized carbons (Fsp3) is 0.545. The van der Waals surface area contributed by atoms with Crippen LogP contribution in [0.5, 0.6) is 0 Å². The molecule has 1 aromatic heterocycles. The molecule has 0 fully saturated rings. The maximum Gasteiger partial charge on any atom is 0.161 e. The van der Waals surface area contributed by atoms with Crippen LogP contribution in [0.4, 0.5) is 0 Å². The van der Waals surface area contributed by atoms with Gasteiger partial charge in [-0.15, -0.1) is 0 Å². The number of ketones is 1. The van der Waals surface area contributed by atoms with Gasteiger partial charge in [-0.1, -0.05) is 26.9 Å². The van der Waals surface area contributed by atoms with Gasteiger partial charge in [0.1, 0.15) is 0 Å². The highest BCUT2D eigenvalue weighted by atomic mass is 28.3. The van der Waals surface area contributed by atoms with Crippen molar-refractivity contribution in [2.75, 3.05) is 0 Å². The maximum absolute atomic E-state index is 11.2. The van der Waals surface area contributed by atoms with Crippen LogP contribution >= 0.6 is 0 Å². The van der Waals surface area contributed by atoms with Gasteiger partial charge in [-0.05, 0) is 24.7 Å². The third-order valence-electron chi connectivity index (χ3n) is 3.18. The van der Waals surface area contributed by atoms with Gasteiger partial charge in [0, 0.05) is 11.8 Å². The predicted molar refractivity (Wildman–Crippen MR) is 62.4 cm³/mol. The van der Waals surface area contributed by atoms with Crippen LogP contribution in [0.1, 0.15) is 31.1 Å². The SMILES string of the molecule is CC(=O)c1ccn([Si](C)(C)C(C)C)c1. The lowest BCUT2D eigenvalue weighted by Gasteiger charge is -2.28. The van der Waals surface area contributed by atoms with Crippen molar-refractivity contribution in [2.45, 2.75) is 39.4 Å². The molecule has 0 atom stereocenters. The molecule has 0 bridgehead atoms. The molecule has 0 amide bonds. The quantitative estimate of drug-likeness (QED) is 0.553. The summed E-state index contributed by atoms with van der Waals surface area (Å²) in [6.45, 7) is 10.8. The van der Waals surface area contributed by atoms with E-state index >= 15 is 0 Å². The largest absolute Gasteiger partial charge is 0.380 e. The predicted octanol–water partition coefficient (Wildman–Crippen LogP) is 3.15. The van der Waals surface area contributed by atoms with Crippen LogP contribution in [-0.4, -0.2) is 18.3 Å². The van der Waals surface area contributed by atoms with E-state index < -0.39 is 8.24 Å². The maximum atomic E-state index is 11.2. The van der Waals surface area contributed by atoms with E-state index in [2.05, 4.69) is 31.2 Å². The molecule has 0 radical (unpaired) electrons. The summed E-state index contributed by atoms with van der Waals surface area (Å²) >= 11 is 0. The Bertz CT molecular complexity index is 339. The highest BCUT2D eigenvalue weighted by Crippen LogP contribution is 2.23. The molecule has 2 nitrogen and oxygen atoms in total. The first-order chi connectivity index (χ1) is 6.35. The zero-order chi connectivity index (χ0) is 10.9. The minimum Gasteiger partial charge on any atom is -0.380 e. The number of hydrogen-bond donors (Lipinski definition) is 0. The van der Waals surface area contributed by atoms with E-state index in [1.807, 2.05) is 18.5 Å². The standard InChI is InChI=1S/C11H19NOSi/c1-9(2)14(4,5)12-7-6-11(8-12)10(3)13/h6-9H,1-5H3. The molecule has 0 aromatic carbocycles. The second kappa shape index (κ2) is 3.73. The van der Waals surface area contributed by atoms with Gasteiger partial charge >= 0.3 is 0 Å². The van der Waals surface area contributed by atoms with Gasteiger partial charge in [0.25, 0.3) is 0 Å². The molecule has 14 heavy (non-hydrogen) atoms. The van der Waals surface area contributed by atoms with Gasteiger partial charge in [0.2, 0.25) is 0 Å². The lowest BCUT2D eigenvalue weighted by molar-refractivity contribution is 0.101. The molecule has 78 valence electrons. The zero-order valence-electron chi connectivity index (χ0n) is 9.66. The second-order valence-electron chi connectivity index (χ2n) is 4.67. The fourth-order valence-corrected chi connectivity index (χ4v) is 2.79. The highest BCUT2D eigenvalue weighted by Gasteiger charge is 2.27. The van der Waals surface area contributed by atoms with E-state index in [1.165, 1.54) is 0 Å². The highest BCUT2D eigenvalue weighted by molar-refractivity contribution is 6.77. The summed E-state index contributed by atoms with van der Waals surface area (Å²) in [6, 6.07) is 1.92. The van der Waals surface area contributed by atoms with Gasteiger partial charge in [-0.25, -0.2) is 0 Å².